The molecule has 1 unspecified atom stereocenters. The second-order valence-electron chi connectivity index (χ2n) is 6.46. The maximum Gasteiger partial charge on any atom is 0.303 e. The van der Waals surface area contributed by atoms with Gasteiger partial charge in [0.05, 0.1) is 12.8 Å². The fourth-order valence-electron chi connectivity index (χ4n) is 2.96. The summed E-state index contributed by atoms with van der Waals surface area (Å²) in [7, 11) is -2.06. The van der Waals surface area contributed by atoms with Gasteiger partial charge >= 0.3 is 5.97 Å². The molecule has 0 heterocycles. The third-order valence-corrected chi connectivity index (χ3v) is 5.61. The fourth-order valence-corrected chi connectivity index (χ4v) is 3.32. The monoisotopic (exact) mass is 348 g/mol. The second kappa shape index (κ2) is 9.22. The molecule has 0 radical (unpaired) electrons. The summed E-state index contributed by atoms with van der Waals surface area (Å²) < 4.78 is 23.7. The Kier molecular flexibility index (Phi) is 7.98. The van der Waals surface area contributed by atoms with Gasteiger partial charge in [0.15, 0.2) is 0 Å². The summed E-state index contributed by atoms with van der Waals surface area (Å²) in [6.45, 7) is -0.243. The highest BCUT2D eigenvalue weighted by atomic mass is 32.2. The molecule has 7 nitrogen and oxygen atoms in total. The van der Waals surface area contributed by atoms with Crippen LogP contribution in [0.25, 0.3) is 0 Å². The Hall–Kier alpha value is -1.15. The van der Waals surface area contributed by atoms with Crippen molar-refractivity contribution in [3.05, 3.63) is 0 Å². The van der Waals surface area contributed by atoms with E-state index >= 15 is 0 Å². The number of hydrogen-bond acceptors (Lipinski definition) is 4. The molecule has 1 rings (SSSR count). The van der Waals surface area contributed by atoms with Crippen molar-refractivity contribution in [2.45, 2.75) is 57.4 Å². The van der Waals surface area contributed by atoms with E-state index < -0.39 is 16.0 Å². The molecular formula is C15H28N2O5S. The lowest BCUT2D eigenvalue weighted by molar-refractivity contribution is -0.137. The van der Waals surface area contributed by atoms with Crippen molar-refractivity contribution >= 4 is 21.9 Å². The third-order valence-electron chi connectivity index (χ3n) is 4.35. The number of hydrogen-bond donors (Lipinski definition) is 2. The van der Waals surface area contributed by atoms with Gasteiger partial charge in [-0.15, -0.1) is 0 Å². The molecule has 0 aliphatic heterocycles. The maximum absolute atomic E-state index is 12.0. The van der Waals surface area contributed by atoms with E-state index in [0.29, 0.717) is 12.3 Å². The Balaban J connectivity index is 2.56. The Labute approximate surface area is 138 Å². The summed E-state index contributed by atoms with van der Waals surface area (Å²) in [6, 6.07) is -0.213. The molecule has 0 saturated heterocycles. The number of nitrogens with one attached hydrogen (secondary N) is 1. The molecule has 1 fully saturated rings. The van der Waals surface area contributed by atoms with Crippen LogP contribution in [-0.4, -0.2) is 55.6 Å². The highest BCUT2D eigenvalue weighted by Gasteiger charge is 2.22. The number of carboxylic acids is 1. The number of sulfonamides is 1. The molecular weight excluding hydrogens is 320 g/mol. The zero-order valence-electron chi connectivity index (χ0n) is 14.0. The Morgan fingerprint density at radius 3 is 2.39 bits per heavy atom. The predicted octanol–water partition coefficient (Wildman–Crippen LogP) is 1.20. The Morgan fingerprint density at radius 2 is 1.87 bits per heavy atom. The number of rotatable bonds is 9. The molecule has 0 spiro atoms. The van der Waals surface area contributed by atoms with Gasteiger partial charge in [0, 0.05) is 19.5 Å². The molecule has 1 aliphatic rings. The van der Waals surface area contributed by atoms with Gasteiger partial charge < -0.3 is 10.4 Å². The Morgan fingerprint density at radius 1 is 1.26 bits per heavy atom. The second-order valence-corrected chi connectivity index (χ2v) is 8.55. The predicted molar refractivity (Wildman–Crippen MR) is 87.5 cm³/mol. The number of likely N-dealkylation sites (N-methyl/N-ethyl adjacent to an activating group) is 1. The van der Waals surface area contributed by atoms with E-state index in [1.165, 1.54) is 26.3 Å². The molecule has 1 saturated carbocycles. The molecule has 0 bridgehead atoms. The van der Waals surface area contributed by atoms with Crippen molar-refractivity contribution in [1.29, 1.82) is 0 Å². The summed E-state index contributed by atoms with van der Waals surface area (Å²) in [5, 5.41) is 11.7. The van der Waals surface area contributed by atoms with Gasteiger partial charge in [0.2, 0.25) is 15.9 Å². The maximum atomic E-state index is 12.0. The number of carboxylic acid groups (broad SMARTS) is 1. The van der Waals surface area contributed by atoms with Gasteiger partial charge in [-0.3, -0.25) is 9.59 Å². The molecule has 0 aromatic rings. The summed E-state index contributed by atoms with van der Waals surface area (Å²) in [5.41, 5.74) is 0. The van der Waals surface area contributed by atoms with Gasteiger partial charge in [0.1, 0.15) is 0 Å². The molecule has 1 atom stereocenters. The van der Waals surface area contributed by atoms with Crippen LogP contribution in [0.2, 0.25) is 0 Å². The van der Waals surface area contributed by atoms with Gasteiger partial charge in [-0.1, -0.05) is 32.1 Å². The molecule has 8 heteroatoms. The van der Waals surface area contributed by atoms with E-state index in [1.54, 1.807) is 0 Å². The third kappa shape index (κ3) is 8.31. The van der Waals surface area contributed by atoms with E-state index in [9.17, 15) is 18.0 Å². The summed E-state index contributed by atoms with van der Waals surface area (Å²) in [4.78, 5) is 22.8. The van der Waals surface area contributed by atoms with E-state index in [4.69, 9.17) is 5.11 Å². The fraction of sp³-hybridized carbons (Fsp3) is 0.867. The lowest BCUT2D eigenvalue weighted by Gasteiger charge is -2.27. The molecule has 134 valence electrons. The van der Waals surface area contributed by atoms with Gasteiger partial charge in [0.25, 0.3) is 0 Å². The average Bonchev–Trinajstić information content (AvgIpc) is 2.44. The lowest BCUT2D eigenvalue weighted by atomic mass is 9.84. The smallest absolute Gasteiger partial charge is 0.303 e. The number of nitrogens with zero attached hydrogens (tertiary/aromatic N) is 1. The van der Waals surface area contributed by atoms with E-state index in [2.05, 4.69) is 5.32 Å². The zero-order chi connectivity index (χ0) is 17.5. The largest absolute Gasteiger partial charge is 0.481 e. The van der Waals surface area contributed by atoms with Gasteiger partial charge in [-0.25, -0.2) is 8.42 Å². The topological polar surface area (TPSA) is 104 Å². The summed E-state index contributed by atoms with van der Waals surface area (Å²) >= 11 is 0. The van der Waals surface area contributed by atoms with Crippen LogP contribution >= 0.6 is 0 Å². The first-order valence-corrected chi connectivity index (χ1v) is 9.95. The molecule has 0 aromatic carbocycles. The molecule has 1 amide bonds. The number of carbonyl (C=O) groups excluding carboxylic acids is 1. The van der Waals surface area contributed by atoms with Crippen molar-refractivity contribution in [3.63, 3.8) is 0 Å². The van der Waals surface area contributed by atoms with Crippen molar-refractivity contribution < 1.29 is 23.1 Å². The average molecular weight is 348 g/mol. The molecule has 23 heavy (non-hydrogen) atoms. The highest BCUT2D eigenvalue weighted by molar-refractivity contribution is 7.88. The van der Waals surface area contributed by atoms with Gasteiger partial charge in [-0.2, -0.15) is 4.31 Å². The van der Waals surface area contributed by atoms with E-state index in [0.717, 1.165) is 29.8 Å². The minimum atomic E-state index is -3.41. The zero-order valence-corrected chi connectivity index (χ0v) is 14.8. The summed E-state index contributed by atoms with van der Waals surface area (Å²) in [5.74, 6) is -0.763. The minimum Gasteiger partial charge on any atom is -0.481 e. The molecule has 2 N–H and O–H groups in total. The van der Waals surface area contributed by atoms with Crippen LogP contribution in [0.15, 0.2) is 0 Å². The minimum absolute atomic E-state index is 0.000414. The van der Waals surface area contributed by atoms with Crippen molar-refractivity contribution in [2.75, 3.05) is 19.8 Å². The Bertz CT molecular complexity index is 500. The first-order chi connectivity index (χ1) is 10.7. The quantitative estimate of drug-likeness (QED) is 0.651. The van der Waals surface area contributed by atoms with Crippen LogP contribution in [0.5, 0.6) is 0 Å². The van der Waals surface area contributed by atoms with Crippen molar-refractivity contribution in [3.8, 4) is 0 Å². The first-order valence-electron chi connectivity index (χ1n) is 8.11. The summed E-state index contributed by atoms with van der Waals surface area (Å²) in [6.07, 6.45) is 8.01. The highest BCUT2D eigenvalue weighted by Crippen LogP contribution is 2.28. The number of carbonyl (C=O) groups is 2. The van der Waals surface area contributed by atoms with Crippen LogP contribution < -0.4 is 5.32 Å². The van der Waals surface area contributed by atoms with Crippen LogP contribution in [-0.2, 0) is 19.6 Å². The van der Waals surface area contributed by atoms with E-state index in [-0.39, 0.29) is 24.9 Å². The number of amides is 1. The van der Waals surface area contributed by atoms with Crippen LogP contribution in [0.4, 0.5) is 0 Å². The first kappa shape index (κ1) is 19.9. The normalized spacial score (nSPS) is 17.9. The lowest BCUT2D eigenvalue weighted by Crippen LogP contribution is -2.43. The van der Waals surface area contributed by atoms with Gasteiger partial charge in [-0.05, 0) is 18.8 Å². The standard InChI is InChI=1S/C15H28N2O5S/c1-17(23(2,21)22)11-14(18)16-13(8-9-15(19)20)10-12-6-4-3-5-7-12/h12-13H,3-11H2,1-2H3,(H,16,18)(H,19,20). The molecule has 0 aromatic heterocycles. The SMILES string of the molecule is CN(CC(=O)NC(CCC(=O)O)CC1CCCCC1)S(C)(=O)=O. The van der Waals surface area contributed by atoms with Crippen LogP contribution in [0.1, 0.15) is 51.4 Å². The number of aliphatic carboxylic acids is 1. The van der Waals surface area contributed by atoms with Crippen LogP contribution in [0, 0.1) is 5.92 Å². The molecule has 1 aliphatic carbocycles. The van der Waals surface area contributed by atoms with Crippen molar-refractivity contribution in [1.82, 2.24) is 9.62 Å². The van der Waals surface area contributed by atoms with Crippen molar-refractivity contribution in [2.24, 2.45) is 5.92 Å². The van der Waals surface area contributed by atoms with Crippen LogP contribution in [0.3, 0.4) is 0 Å². The van der Waals surface area contributed by atoms with E-state index in [1.807, 2.05) is 0 Å².